The summed E-state index contributed by atoms with van der Waals surface area (Å²) in [4.78, 5) is 10.4. The van der Waals surface area contributed by atoms with Crippen molar-refractivity contribution in [3.8, 4) is 0 Å². The van der Waals surface area contributed by atoms with Crippen molar-refractivity contribution >= 4 is 5.69 Å². The third kappa shape index (κ3) is 2.39. The summed E-state index contributed by atoms with van der Waals surface area (Å²) >= 11 is 0. The van der Waals surface area contributed by atoms with Gasteiger partial charge in [0.05, 0.1) is 4.92 Å². The van der Waals surface area contributed by atoms with Crippen molar-refractivity contribution in [1.29, 1.82) is 0 Å². The number of hydrogen-bond donors (Lipinski definition) is 1. The van der Waals surface area contributed by atoms with Crippen LogP contribution in [-0.4, -0.2) is 4.92 Å². The number of aryl methyl sites for hydroxylation is 1. The van der Waals surface area contributed by atoms with Gasteiger partial charge in [-0.15, -0.1) is 0 Å². The first-order chi connectivity index (χ1) is 7.34. The Morgan fingerprint density at radius 2 is 1.88 bits per heavy atom. The lowest BCUT2D eigenvalue weighted by molar-refractivity contribution is -0.385. The van der Waals surface area contributed by atoms with Gasteiger partial charge in [0.1, 0.15) is 0 Å². The van der Waals surface area contributed by atoms with Crippen LogP contribution in [0.1, 0.15) is 36.6 Å². The van der Waals surface area contributed by atoms with Gasteiger partial charge in [-0.1, -0.05) is 13.8 Å². The van der Waals surface area contributed by atoms with E-state index >= 15 is 0 Å². The molecule has 1 aromatic carbocycles. The van der Waals surface area contributed by atoms with Crippen LogP contribution < -0.4 is 5.73 Å². The highest BCUT2D eigenvalue weighted by Gasteiger charge is 2.18. The first kappa shape index (κ1) is 12.6. The first-order valence-corrected chi connectivity index (χ1v) is 5.35. The molecular formula is C12H18N2O2. The van der Waals surface area contributed by atoms with E-state index in [1.54, 1.807) is 12.1 Å². The molecule has 0 saturated carbocycles. The Labute approximate surface area is 95.6 Å². The molecule has 2 N–H and O–H groups in total. The molecule has 0 amide bonds. The second-order valence-corrected chi connectivity index (χ2v) is 4.50. The summed E-state index contributed by atoms with van der Waals surface area (Å²) in [6, 6.07) is 3.03. The fourth-order valence-corrected chi connectivity index (χ4v) is 1.68. The molecule has 16 heavy (non-hydrogen) atoms. The number of nitro groups is 1. The lowest BCUT2D eigenvalue weighted by Crippen LogP contribution is -2.18. The molecule has 0 bridgehead atoms. The fourth-order valence-electron chi connectivity index (χ4n) is 1.68. The van der Waals surface area contributed by atoms with Crippen LogP contribution in [0.2, 0.25) is 0 Å². The van der Waals surface area contributed by atoms with E-state index in [0.29, 0.717) is 0 Å². The van der Waals surface area contributed by atoms with Gasteiger partial charge in [-0.2, -0.15) is 0 Å². The fraction of sp³-hybridized carbons (Fsp3) is 0.500. The largest absolute Gasteiger partial charge is 0.324 e. The van der Waals surface area contributed by atoms with E-state index in [1.165, 1.54) is 0 Å². The van der Waals surface area contributed by atoms with Crippen LogP contribution in [0.5, 0.6) is 0 Å². The van der Waals surface area contributed by atoms with Crippen molar-refractivity contribution in [3.05, 3.63) is 38.9 Å². The predicted molar refractivity (Wildman–Crippen MR) is 64.3 cm³/mol. The van der Waals surface area contributed by atoms with Crippen molar-refractivity contribution in [3.63, 3.8) is 0 Å². The van der Waals surface area contributed by atoms with Crippen molar-refractivity contribution in [2.24, 2.45) is 11.7 Å². The second kappa shape index (κ2) is 4.61. The van der Waals surface area contributed by atoms with E-state index in [0.717, 1.165) is 16.7 Å². The average Bonchev–Trinajstić information content (AvgIpc) is 2.20. The molecule has 4 heteroatoms. The van der Waals surface area contributed by atoms with Crippen LogP contribution in [0.4, 0.5) is 5.69 Å². The van der Waals surface area contributed by atoms with Crippen LogP contribution in [0.3, 0.4) is 0 Å². The maximum absolute atomic E-state index is 10.8. The molecule has 0 heterocycles. The van der Waals surface area contributed by atoms with Crippen molar-refractivity contribution in [1.82, 2.24) is 0 Å². The third-order valence-electron chi connectivity index (χ3n) is 2.98. The number of non-ortho nitro benzene ring substituents is 1. The van der Waals surface area contributed by atoms with Crippen molar-refractivity contribution in [2.45, 2.75) is 33.7 Å². The maximum Gasteiger partial charge on any atom is 0.270 e. The summed E-state index contributed by atoms with van der Waals surface area (Å²) < 4.78 is 0. The van der Waals surface area contributed by atoms with Gasteiger partial charge < -0.3 is 5.73 Å². The molecule has 1 aromatic rings. The Morgan fingerprint density at radius 1 is 1.31 bits per heavy atom. The Morgan fingerprint density at radius 3 is 2.31 bits per heavy atom. The molecule has 0 fully saturated rings. The molecule has 1 rings (SSSR count). The van der Waals surface area contributed by atoms with E-state index in [9.17, 15) is 10.1 Å². The Bertz CT molecular complexity index is 414. The number of rotatable bonds is 3. The zero-order valence-corrected chi connectivity index (χ0v) is 10.2. The number of hydrogen-bond acceptors (Lipinski definition) is 3. The van der Waals surface area contributed by atoms with Gasteiger partial charge >= 0.3 is 0 Å². The highest BCUT2D eigenvalue weighted by Crippen LogP contribution is 2.28. The molecule has 0 aliphatic heterocycles. The highest BCUT2D eigenvalue weighted by atomic mass is 16.6. The zero-order chi connectivity index (χ0) is 12.5. The average molecular weight is 222 g/mol. The molecule has 88 valence electrons. The minimum atomic E-state index is -0.372. The van der Waals surface area contributed by atoms with Gasteiger partial charge in [-0.3, -0.25) is 10.1 Å². The lowest BCUT2D eigenvalue weighted by Gasteiger charge is -2.19. The smallest absolute Gasteiger partial charge is 0.270 e. The molecule has 0 spiro atoms. The summed E-state index contributed by atoms with van der Waals surface area (Å²) in [6.07, 6.45) is 0. The predicted octanol–water partition coefficient (Wildman–Crippen LogP) is 2.87. The molecule has 0 aliphatic carbocycles. The molecule has 4 nitrogen and oxygen atoms in total. The maximum atomic E-state index is 10.8. The Hall–Kier alpha value is -1.42. The number of nitrogens with two attached hydrogens (primary N) is 1. The quantitative estimate of drug-likeness (QED) is 0.631. The molecule has 1 unspecified atom stereocenters. The lowest BCUT2D eigenvalue weighted by atomic mass is 9.91. The zero-order valence-electron chi connectivity index (χ0n) is 10.2. The molecule has 0 aliphatic rings. The summed E-state index contributed by atoms with van der Waals surface area (Å²) in [7, 11) is 0. The molecule has 0 aromatic heterocycles. The molecule has 1 atom stereocenters. The van der Waals surface area contributed by atoms with E-state index in [2.05, 4.69) is 0 Å². The number of nitrogens with zero attached hydrogens (tertiary/aromatic N) is 1. The van der Waals surface area contributed by atoms with E-state index in [1.807, 2.05) is 27.7 Å². The van der Waals surface area contributed by atoms with E-state index in [4.69, 9.17) is 5.73 Å². The van der Waals surface area contributed by atoms with Crippen LogP contribution in [-0.2, 0) is 0 Å². The second-order valence-electron chi connectivity index (χ2n) is 4.50. The van der Waals surface area contributed by atoms with Gasteiger partial charge in [-0.05, 0) is 36.5 Å². The van der Waals surface area contributed by atoms with Crippen LogP contribution >= 0.6 is 0 Å². The van der Waals surface area contributed by atoms with E-state index in [-0.39, 0.29) is 22.6 Å². The number of benzene rings is 1. The summed E-state index contributed by atoms with van der Waals surface area (Å²) in [5, 5.41) is 10.8. The SMILES string of the molecule is Cc1cc([N+](=O)[O-])cc(C(N)C(C)C)c1C. The van der Waals surface area contributed by atoms with E-state index < -0.39 is 0 Å². The van der Waals surface area contributed by atoms with Gasteiger partial charge in [0, 0.05) is 18.2 Å². The minimum absolute atomic E-state index is 0.120. The molecule has 0 saturated heterocycles. The van der Waals surface area contributed by atoms with Gasteiger partial charge in [0.25, 0.3) is 5.69 Å². The van der Waals surface area contributed by atoms with Gasteiger partial charge in [0.2, 0.25) is 0 Å². The van der Waals surface area contributed by atoms with Crippen LogP contribution in [0.25, 0.3) is 0 Å². The highest BCUT2D eigenvalue weighted by molar-refractivity contribution is 5.46. The molecule has 0 radical (unpaired) electrons. The minimum Gasteiger partial charge on any atom is -0.324 e. The van der Waals surface area contributed by atoms with Crippen LogP contribution in [0.15, 0.2) is 12.1 Å². The standard InChI is InChI=1S/C12H18N2O2/c1-7(2)12(13)11-6-10(14(15)16)5-8(3)9(11)4/h5-7,12H,13H2,1-4H3. The Balaban J connectivity index is 3.32. The van der Waals surface area contributed by atoms with Crippen LogP contribution in [0, 0.1) is 29.9 Å². The normalized spacial score (nSPS) is 12.9. The van der Waals surface area contributed by atoms with Crippen molar-refractivity contribution in [2.75, 3.05) is 0 Å². The van der Waals surface area contributed by atoms with Gasteiger partial charge in [0.15, 0.2) is 0 Å². The summed E-state index contributed by atoms with van der Waals surface area (Å²) in [5.74, 6) is 0.264. The monoisotopic (exact) mass is 222 g/mol. The third-order valence-corrected chi connectivity index (χ3v) is 2.98. The summed E-state index contributed by atoms with van der Waals surface area (Å²) in [5.41, 5.74) is 9.02. The number of nitro benzene ring substituents is 1. The Kier molecular flexibility index (Phi) is 3.65. The topological polar surface area (TPSA) is 69.2 Å². The van der Waals surface area contributed by atoms with Crippen molar-refractivity contribution < 1.29 is 4.92 Å². The first-order valence-electron chi connectivity index (χ1n) is 5.35. The summed E-state index contributed by atoms with van der Waals surface area (Å²) in [6.45, 7) is 7.85. The van der Waals surface area contributed by atoms with Gasteiger partial charge in [-0.25, -0.2) is 0 Å². The molecular weight excluding hydrogens is 204 g/mol.